The van der Waals surface area contributed by atoms with Crippen molar-refractivity contribution in [1.82, 2.24) is 9.62 Å². The predicted octanol–water partition coefficient (Wildman–Crippen LogP) is 2.16. The van der Waals surface area contributed by atoms with Crippen LogP contribution in [0, 0.1) is 5.82 Å². The van der Waals surface area contributed by atoms with E-state index < -0.39 is 10.0 Å². The zero-order valence-electron chi connectivity index (χ0n) is 13.7. The van der Waals surface area contributed by atoms with E-state index in [1.165, 1.54) is 12.1 Å². The topological polar surface area (TPSA) is 66.5 Å². The van der Waals surface area contributed by atoms with E-state index in [1.54, 1.807) is 29.2 Å². The number of nitrogens with one attached hydrogen (secondary N) is 1. The lowest BCUT2D eigenvalue weighted by atomic mass is 10.0. The summed E-state index contributed by atoms with van der Waals surface area (Å²) < 4.78 is 37.8. The highest BCUT2D eigenvalue weighted by molar-refractivity contribution is 7.88. The third-order valence-electron chi connectivity index (χ3n) is 4.00. The smallest absolute Gasteiger partial charge is 0.226 e. The average molecular weight is 354 g/mol. The van der Waals surface area contributed by atoms with Crippen LogP contribution in [-0.2, 0) is 14.8 Å². The number of benzene rings is 1. The summed E-state index contributed by atoms with van der Waals surface area (Å²) in [5.74, 6) is -0.314. The monoisotopic (exact) mass is 354 g/mol. The van der Waals surface area contributed by atoms with Crippen LogP contribution in [0.3, 0.4) is 0 Å². The summed E-state index contributed by atoms with van der Waals surface area (Å²) in [4.78, 5) is 14.2. The van der Waals surface area contributed by atoms with Crippen LogP contribution in [0.1, 0.15) is 31.2 Å². The molecule has 1 aromatic carbocycles. The van der Waals surface area contributed by atoms with Crippen LogP contribution in [0.2, 0.25) is 0 Å². The van der Waals surface area contributed by atoms with Crippen LogP contribution >= 0.6 is 0 Å². The van der Waals surface area contributed by atoms with Gasteiger partial charge in [0.2, 0.25) is 15.9 Å². The zero-order valence-corrected chi connectivity index (χ0v) is 14.6. The van der Waals surface area contributed by atoms with Crippen LogP contribution < -0.4 is 4.72 Å². The van der Waals surface area contributed by atoms with Gasteiger partial charge in [-0.3, -0.25) is 4.79 Å². The minimum Gasteiger partial charge on any atom is -0.338 e. The molecule has 0 bridgehead atoms. The van der Waals surface area contributed by atoms with Crippen LogP contribution in [0.5, 0.6) is 0 Å². The quantitative estimate of drug-likeness (QED) is 0.851. The van der Waals surface area contributed by atoms with Gasteiger partial charge in [0.15, 0.2) is 0 Å². The molecular weight excluding hydrogens is 331 g/mol. The molecule has 1 aromatic rings. The molecule has 0 spiro atoms. The highest BCUT2D eigenvalue weighted by Gasteiger charge is 2.26. The molecule has 0 radical (unpaired) electrons. The molecule has 0 aromatic heterocycles. The standard InChI is InChI=1S/C17H23FN2O3S/c1-24(22,23)19-13-16-6-2-3-12-20(16)17(21)7-4-5-14-8-10-15(18)11-9-14/h4-5,8-11,16,19H,2-3,6-7,12-13H2,1H3/b5-4+. The molecule has 1 heterocycles. The van der Waals surface area contributed by atoms with Crippen molar-refractivity contribution in [2.24, 2.45) is 0 Å². The maximum Gasteiger partial charge on any atom is 0.226 e. The summed E-state index contributed by atoms with van der Waals surface area (Å²) in [5, 5.41) is 0. The molecule has 0 saturated carbocycles. The van der Waals surface area contributed by atoms with Gasteiger partial charge in [0.05, 0.1) is 6.26 Å². The van der Waals surface area contributed by atoms with E-state index in [9.17, 15) is 17.6 Å². The summed E-state index contributed by atoms with van der Waals surface area (Å²) in [6, 6.07) is 5.95. The third-order valence-corrected chi connectivity index (χ3v) is 4.69. The van der Waals surface area contributed by atoms with Crippen LogP contribution in [0.15, 0.2) is 30.3 Å². The van der Waals surface area contributed by atoms with E-state index in [1.807, 2.05) is 0 Å². The Bertz CT molecular complexity index is 686. The molecule has 0 aliphatic carbocycles. The van der Waals surface area contributed by atoms with Gasteiger partial charge in [-0.05, 0) is 37.0 Å². The second-order valence-corrected chi connectivity index (χ2v) is 7.85. The molecule has 24 heavy (non-hydrogen) atoms. The Morgan fingerprint density at radius 1 is 1.33 bits per heavy atom. The largest absolute Gasteiger partial charge is 0.338 e. The first-order valence-electron chi connectivity index (χ1n) is 8.01. The molecular formula is C17H23FN2O3S. The summed E-state index contributed by atoms with van der Waals surface area (Å²) >= 11 is 0. The van der Waals surface area contributed by atoms with Crippen molar-refractivity contribution in [3.05, 3.63) is 41.7 Å². The second kappa shape index (κ2) is 8.39. The van der Waals surface area contributed by atoms with E-state index >= 15 is 0 Å². The van der Waals surface area contributed by atoms with Gasteiger partial charge in [0, 0.05) is 25.6 Å². The van der Waals surface area contributed by atoms with Crippen molar-refractivity contribution >= 4 is 22.0 Å². The Kier molecular flexibility index (Phi) is 6.51. The van der Waals surface area contributed by atoms with Gasteiger partial charge < -0.3 is 4.90 Å². The van der Waals surface area contributed by atoms with Crippen LogP contribution in [0.25, 0.3) is 6.08 Å². The molecule has 1 aliphatic rings. The summed E-state index contributed by atoms with van der Waals surface area (Å²) in [5.41, 5.74) is 0.832. The van der Waals surface area contributed by atoms with Gasteiger partial charge >= 0.3 is 0 Å². The van der Waals surface area contributed by atoms with E-state index in [0.717, 1.165) is 31.1 Å². The van der Waals surface area contributed by atoms with Crippen molar-refractivity contribution in [3.8, 4) is 0 Å². The van der Waals surface area contributed by atoms with Gasteiger partial charge in [-0.15, -0.1) is 0 Å². The Morgan fingerprint density at radius 3 is 2.71 bits per heavy atom. The number of hydrogen-bond donors (Lipinski definition) is 1. The summed E-state index contributed by atoms with van der Waals surface area (Å²) in [6.07, 6.45) is 7.63. The first kappa shape index (κ1) is 18.6. The SMILES string of the molecule is CS(=O)(=O)NCC1CCCCN1C(=O)C/C=C/c1ccc(F)cc1. The number of nitrogens with zero attached hydrogens (tertiary/aromatic N) is 1. The van der Waals surface area contributed by atoms with E-state index in [2.05, 4.69) is 4.72 Å². The first-order chi connectivity index (χ1) is 11.3. The number of carbonyl (C=O) groups excluding carboxylic acids is 1. The number of rotatable bonds is 6. The number of sulfonamides is 1. The Balaban J connectivity index is 1.91. The molecule has 1 saturated heterocycles. The Hall–Kier alpha value is -1.73. The van der Waals surface area contributed by atoms with Gasteiger partial charge in [-0.25, -0.2) is 17.5 Å². The van der Waals surface area contributed by atoms with Crippen molar-refractivity contribution < 1.29 is 17.6 Å². The Morgan fingerprint density at radius 2 is 2.04 bits per heavy atom. The molecule has 1 atom stereocenters. The number of likely N-dealkylation sites (tertiary alicyclic amines) is 1. The summed E-state index contributed by atoms with van der Waals surface area (Å²) in [7, 11) is -3.26. The maximum absolute atomic E-state index is 12.8. The average Bonchev–Trinajstić information content (AvgIpc) is 2.54. The second-order valence-electron chi connectivity index (χ2n) is 6.02. The van der Waals surface area contributed by atoms with Gasteiger partial charge in [-0.2, -0.15) is 0 Å². The molecule has 1 N–H and O–H groups in total. The van der Waals surface area contributed by atoms with Crippen LogP contribution in [0.4, 0.5) is 4.39 Å². The van der Waals surface area contributed by atoms with Crippen molar-refractivity contribution in [2.75, 3.05) is 19.3 Å². The van der Waals surface area contributed by atoms with E-state index in [0.29, 0.717) is 6.54 Å². The molecule has 5 nitrogen and oxygen atoms in total. The Labute approximate surface area is 142 Å². The fraction of sp³-hybridized carbons (Fsp3) is 0.471. The van der Waals surface area contributed by atoms with E-state index in [4.69, 9.17) is 0 Å². The highest BCUT2D eigenvalue weighted by Crippen LogP contribution is 2.18. The van der Waals surface area contributed by atoms with Crippen LogP contribution in [-0.4, -0.2) is 44.6 Å². The molecule has 1 amide bonds. The lowest BCUT2D eigenvalue weighted by molar-refractivity contribution is -0.133. The molecule has 2 rings (SSSR count). The first-order valence-corrected chi connectivity index (χ1v) is 9.90. The highest BCUT2D eigenvalue weighted by atomic mass is 32.2. The number of halogens is 1. The lowest BCUT2D eigenvalue weighted by Crippen LogP contribution is -2.49. The van der Waals surface area contributed by atoms with Crippen molar-refractivity contribution in [1.29, 1.82) is 0 Å². The van der Waals surface area contributed by atoms with Gasteiger partial charge in [0.25, 0.3) is 0 Å². The molecule has 1 aliphatic heterocycles. The lowest BCUT2D eigenvalue weighted by Gasteiger charge is -2.35. The normalized spacial score (nSPS) is 18.9. The minimum atomic E-state index is -3.26. The maximum atomic E-state index is 12.8. The number of hydrogen-bond acceptors (Lipinski definition) is 3. The molecule has 1 unspecified atom stereocenters. The number of piperidine rings is 1. The molecule has 132 valence electrons. The van der Waals surface area contributed by atoms with Crippen molar-refractivity contribution in [3.63, 3.8) is 0 Å². The minimum absolute atomic E-state index is 0.0200. The third kappa shape index (κ3) is 6.05. The predicted molar refractivity (Wildman–Crippen MR) is 92.2 cm³/mol. The summed E-state index contributed by atoms with van der Waals surface area (Å²) in [6.45, 7) is 0.908. The number of carbonyl (C=O) groups is 1. The van der Waals surface area contributed by atoms with Gasteiger partial charge in [0.1, 0.15) is 5.82 Å². The molecule has 1 fully saturated rings. The molecule has 7 heteroatoms. The fourth-order valence-corrected chi connectivity index (χ4v) is 3.27. The van der Waals surface area contributed by atoms with Crippen molar-refractivity contribution in [2.45, 2.75) is 31.7 Å². The van der Waals surface area contributed by atoms with Gasteiger partial charge in [-0.1, -0.05) is 24.3 Å². The van der Waals surface area contributed by atoms with E-state index in [-0.39, 0.29) is 30.7 Å². The fourth-order valence-electron chi connectivity index (χ4n) is 2.78. The zero-order chi connectivity index (χ0) is 17.6. The number of amides is 1.